The molecule has 8 heteroatoms. The highest BCUT2D eigenvalue weighted by atomic mass is 16.7. The Morgan fingerprint density at radius 2 is 1.62 bits per heavy atom. The average Bonchev–Trinajstić information content (AvgIpc) is 2.70. The van der Waals surface area contributed by atoms with Crippen molar-refractivity contribution in [3.8, 4) is 0 Å². The van der Waals surface area contributed by atoms with E-state index in [0.717, 1.165) is 0 Å². The number of ether oxygens (including phenoxy) is 1. The van der Waals surface area contributed by atoms with Crippen LogP contribution in [-0.4, -0.2) is 45.6 Å². The van der Waals surface area contributed by atoms with Gasteiger partial charge in [-0.15, -0.1) is 5.06 Å². The minimum Gasteiger partial charge on any atom is -0.481 e. The number of hydrogen-bond acceptors (Lipinski definition) is 6. The van der Waals surface area contributed by atoms with Crippen molar-refractivity contribution in [2.75, 3.05) is 0 Å². The maximum Gasteiger partial charge on any atom is 0.339 e. The fourth-order valence-electron chi connectivity index (χ4n) is 2.08. The number of benzene rings is 1. The number of esters is 1. The third-order valence-electron chi connectivity index (χ3n) is 3.02. The van der Waals surface area contributed by atoms with Crippen molar-refractivity contribution < 1.29 is 33.9 Å². The number of rotatable bonds is 5. The Labute approximate surface area is 137 Å². The number of aliphatic carboxylic acids is 1. The van der Waals surface area contributed by atoms with Crippen LogP contribution in [0.2, 0.25) is 0 Å². The first-order valence-electron chi connectivity index (χ1n) is 7.19. The van der Waals surface area contributed by atoms with Gasteiger partial charge in [0.2, 0.25) is 0 Å². The van der Waals surface area contributed by atoms with E-state index in [1.165, 1.54) is 12.1 Å². The molecule has 1 aromatic rings. The first-order valence-corrected chi connectivity index (χ1v) is 7.19. The van der Waals surface area contributed by atoms with E-state index < -0.39 is 41.9 Å². The Morgan fingerprint density at radius 1 is 1.12 bits per heavy atom. The lowest BCUT2D eigenvalue weighted by Gasteiger charge is -2.25. The first kappa shape index (κ1) is 17.6. The zero-order chi connectivity index (χ0) is 18.1. The predicted octanol–water partition coefficient (Wildman–Crippen LogP) is 1.40. The minimum absolute atomic E-state index is 0.126. The number of fused-ring (bicyclic) bond motifs is 1. The minimum atomic E-state index is -1.62. The summed E-state index contributed by atoms with van der Waals surface area (Å²) >= 11 is 0. The largest absolute Gasteiger partial charge is 0.481 e. The van der Waals surface area contributed by atoms with Crippen LogP contribution in [0.25, 0.3) is 0 Å². The molecule has 0 aromatic heterocycles. The topological polar surface area (TPSA) is 110 Å². The van der Waals surface area contributed by atoms with Crippen molar-refractivity contribution in [1.29, 1.82) is 0 Å². The molecule has 1 aliphatic rings. The van der Waals surface area contributed by atoms with E-state index in [4.69, 9.17) is 14.7 Å². The van der Waals surface area contributed by atoms with Crippen LogP contribution in [0.15, 0.2) is 24.3 Å². The second-order valence-corrected chi connectivity index (χ2v) is 6.18. The summed E-state index contributed by atoms with van der Waals surface area (Å²) in [4.78, 5) is 52.6. The molecular formula is C16H17NO7. The van der Waals surface area contributed by atoms with Crippen molar-refractivity contribution in [3.63, 3.8) is 0 Å². The monoisotopic (exact) mass is 335 g/mol. The number of carbonyl (C=O) groups is 4. The van der Waals surface area contributed by atoms with Gasteiger partial charge in [0.15, 0.2) is 6.10 Å². The van der Waals surface area contributed by atoms with Crippen molar-refractivity contribution >= 4 is 23.8 Å². The lowest BCUT2D eigenvalue weighted by Crippen LogP contribution is -2.42. The standard InChI is InChI=1S/C16H17NO7/c1-16(2,3)23-15(22)11(8-12(18)19)24-17-13(20)9-6-4-5-7-10(9)14(17)21/h4-7,11H,8H2,1-3H3,(H,18,19)/t11-/m0/s1. The lowest BCUT2D eigenvalue weighted by molar-refractivity contribution is -0.193. The molecule has 8 nitrogen and oxygen atoms in total. The van der Waals surface area contributed by atoms with E-state index in [9.17, 15) is 19.2 Å². The van der Waals surface area contributed by atoms with Crippen LogP contribution in [0, 0.1) is 0 Å². The van der Waals surface area contributed by atoms with E-state index in [-0.39, 0.29) is 11.1 Å². The van der Waals surface area contributed by atoms with Gasteiger partial charge in [0.1, 0.15) is 5.60 Å². The summed E-state index contributed by atoms with van der Waals surface area (Å²) in [6, 6.07) is 6.05. The zero-order valence-electron chi connectivity index (χ0n) is 13.4. The molecule has 2 rings (SSSR count). The Kier molecular flexibility index (Phi) is 4.70. The lowest BCUT2D eigenvalue weighted by atomic mass is 10.1. The smallest absolute Gasteiger partial charge is 0.339 e. The molecule has 0 spiro atoms. The van der Waals surface area contributed by atoms with E-state index in [0.29, 0.717) is 5.06 Å². The third-order valence-corrected chi connectivity index (χ3v) is 3.02. The summed E-state index contributed by atoms with van der Waals surface area (Å²) in [5.41, 5.74) is -0.624. The number of carboxylic acid groups (broad SMARTS) is 1. The van der Waals surface area contributed by atoms with Crippen LogP contribution in [0.5, 0.6) is 0 Å². The summed E-state index contributed by atoms with van der Waals surface area (Å²) in [7, 11) is 0. The van der Waals surface area contributed by atoms with Crippen LogP contribution >= 0.6 is 0 Å². The molecule has 2 amide bonds. The second kappa shape index (κ2) is 6.40. The molecule has 0 saturated heterocycles. The van der Waals surface area contributed by atoms with Crippen LogP contribution < -0.4 is 0 Å². The summed E-state index contributed by atoms with van der Waals surface area (Å²) in [5.74, 6) is -3.81. The van der Waals surface area contributed by atoms with Gasteiger partial charge in [-0.2, -0.15) is 0 Å². The van der Waals surface area contributed by atoms with Gasteiger partial charge in [-0.1, -0.05) is 12.1 Å². The van der Waals surface area contributed by atoms with Crippen molar-refractivity contribution in [2.24, 2.45) is 0 Å². The number of hydrogen-bond donors (Lipinski definition) is 1. The van der Waals surface area contributed by atoms with E-state index in [2.05, 4.69) is 0 Å². The highest BCUT2D eigenvalue weighted by Crippen LogP contribution is 2.24. The van der Waals surface area contributed by atoms with Gasteiger partial charge in [0, 0.05) is 0 Å². The van der Waals surface area contributed by atoms with Crippen molar-refractivity contribution in [3.05, 3.63) is 35.4 Å². The number of imide groups is 1. The molecule has 1 heterocycles. The number of carboxylic acids is 1. The highest BCUT2D eigenvalue weighted by Gasteiger charge is 2.40. The maximum absolute atomic E-state index is 12.2. The molecule has 0 aliphatic carbocycles. The van der Waals surface area contributed by atoms with Gasteiger partial charge < -0.3 is 9.84 Å². The fourth-order valence-corrected chi connectivity index (χ4v) is 2.08. The Balaban J connectivity index is 2.21. The third kappa shape index (κ3) is 3.77. The van der Waals surface area contributed by atoms with Gasteiger partial charge in [0.05, 0.1) is 17.5 Å². The van der Waals surface area contributed by atoms with E-state index >= 15 is 0 Å². The van der Waals surface area contributed by atoms with Gasteiger partial charge in [-0.25, -0.2) is 9.63 Å². The molecule has 1 aliphatic heterocycles. The normalized spacial score (nSPS) is 15.2. The molecule has 1 N–H and O–H groups in total. The molecule has 1 atom stereocenters. The van der Waals surface area contributed by atoms with E-state index in [1.54, 1.807) is 32.9 Å². The number of amides is 2. The molecule has 0 radical (unpaired) electrons. The summed E-state index contributed by atoms with van der Waals surface area (Å²) in [6.07, 6.45) is -2.37. The molecule has 1 aromatic carbocycles. The molecular weight excluding hydrogens is 318 g/mol. The van der Waals surface area contributed by atoms with Crippen LogP contribution in [0.4, 0.5) is 0 Å². The van der Waals surface area contributed by atoms with Crippen LogP contribution in [0.3, 0.4) is 0 Å². The van der Waals surface area contributed by atoms with Crippen LogP contribution in [-0.2, 0) is 19.2 Å². The Hall–Kier alpha value is -2.74. The van der Waals surface area contributed by atoms with Crippen molar-refractivity contribution in [1.82, 2.24) is 5.06 Å². The summed E-state index contributed by atoms with van der Waals surface area (Å²) in [5, 5.41) is 9.34. The Morgan fingerprint density at radius 3 is 2.04 bits per heavy atom. The quantitative estimate of drug-likeness (QED) is 0.639. The van der Waals surface area contributed by atoms with Gasteiger partial charge in [-0.3, -0.25) is 14.4 Å². The predicted molar refractivity (Wildman–Crippen MR) is 79.9 cm³/mol. The van der Waals surface area contributed by atoms with Gasteiger partial charge in [-0.05, 0) is 32.9 Å². The number of carbonyl (C=O) groups excluding carboxylic acids is 3. The first-order chi connectivity index (χ1) is 11.1. The molecule has 0 bridgehead atoms. The molecule has 0 unspecified atom stereocenters. The highest BCUT2D eigenvalue weighted by molar-refractivity contribution is 6.20. The molecule has 24 heavy (non-hydrogen) atoms. The zero-order valence-corrected chi connectivity index (χ0v) is 13.4. The van der Waals surface area contributed by atoms with Gasteiger partial charge >= 0.3 is 11.9 Å². The van der Waals surface area contributed by atoms with E-state index in [1.807, 2.05) is 0 Å². The molecule has 128 valence electrons. The summed E-state index contributed by atoms with van der Waals surface area (Å²) < 4.78 is 5.08. The maximum atomic E-state index is 12.2. The average molecular weight is 335 g/mol. The molecule has 0 fully saturated rings. The SMILES string of the molecule is CC(C)(C)OC(=O)[C@H](CC(=O)O)ON1C(=O)c2ccccc2C1=O. The second-order valence-electron chi connectivity index (χ2n) is 6.18. The van der Waals surface area contributed by atoms with Crippen LogP contribution in [0.1, 0.15) is 47.9 Å². The van der Waals surface area contributed by atoms with Crippen molar-refractivity contribution in [2.45, 2.75) is 38.9 Å². The number of nitrogens with zero attached hydrogens (tertiary/aromatic N) is 1. The molecule has 0 saturated carbocycles. The Bertz CT molecular complexity index is 670. The van der Waals surface area contributed by atoms with Gasteiger partial charge in [0.25, 0.3) is 11.8 Å². The summed E-state index contributed by atoms with van der Waals surface area (Å²) in [6.45, 7) is 4.81. The fraction of sp³-hybridized carbons (Fsp3) is 0.375. The number of hydroxylamine groups is 2.